The van der Waals surface area contributed by atoms with E-state index in [9.17, 15) is 0 Å². The third-order valence-corrected chi connectivity index (χ3v) is 2.23. The Balaban J connectivity index is 3.74. The van der Waals surface area contributed by atoms with Crippen LogP contribution in [0, 0.1) is 0 Å². The van der Waals surface area contributed by atoms with Crippen LogP contribution in [0.2, 0.25) is 0 Å². The molecule has 0 aliphatic carbocycles. The highest BCUT2D eigenvalue weighted by Crippen LogP contribution is 2.12. The molecule has 0 heterocycles. The van der Waals surface area contributed by atoms with Crippen LogP contribution in [0.4, 0.5) is 0 Å². The first-order chi connectivity index (χ1) is 5.61. The molecule has 0 aromatic carbocycles. The van der Waals surface area contributed by atoms with Crippen LogP contribution in [0.25, 0.3) is 0 Å². The Morgan fingerprint density at radius 3 is 2.83 bits per heavy atom. The van der Waals surface area contributed by atoms with E-state index in [1.165, 1.54) is 0 Å². The predicted octanol–water partition coefficient (Wildman–Crippen LogP) is 1.31. The van der Waals surface area contributed by atoms with Gasteiger partial charge < -0.3 is 4.84 Å². The summed E-state index contributed by atoms with van der Waals surface area (Å²) in [7, 11) is 3.43. The zero-order chi connectivity index (χ0) is 9.56. The van der Waals surface area contributed by atoms with E-state index in [-0.39, 0.29) is 4.95 Å². The fourth-order valence-corrected chi connectivity index (χ4v) is 1.16. The molecule has 0 spiro atoms. The summed E-state index contributed by atoms with van der Waals surface area (Å²) in [6, 6.07) is 0. The maximum absolute atomic E-state index is 4.96. The van der Waals surface area contributed by atoms with Gasteiger partial charge in [0.25, 0.3) is 0 Å². The van der Waals surface area contributed by atoms with E-state index in [4.69, 9.17) is 4.84 Å². The van der Waals surface area contributed by atoms with Crippen LogP contribution < -0.4 is 5.43 Å². The molecule has 0 aliphatic heterocycles. The quantitative estimate of drug-likeness (QED) is 0.327. The molecular weight excluding hydrogens is 222 g/mol. The third kappa shape index (κ3) is 4.48. The van der Waals surface area contributed by atoms with Crippen LogP contribution in [0.3, 0.4) is 0 Å². The maximum atomic E-state index is 4.96. The number of hydroxylamine groups is 2. The zero-order valence-electron chi connectivity index (χ0n) is 7.38. The molecule has 70 valence electrons. The second kappa shape index (κ2) is 6.16. The van der Waals surface area contributed by atoms with Crippen LogP contribution in [-0.2, 0) is 4.84 Å². The Morgan fingerprint density at radius 2 is 2.42 bits per heavy atom. The summed E-state index contributed by atoms with van der Waals surface area (Å²) in [4.78, 5) is 5.05. The summed E-state index contributed by atoms with van der Waals surface area (Å²) < 4.78 is 0. The number of hydrogen-bond donors (Lipinski definition) is 1. The monoisotopic (exact) mass is 235 g/mol. The van der Waals surface area contributed by atoms with E-state index in [0.717, 1.165) is 5.70 Å². The first kappa shape index (κ1) is 11.6. The van der Waals surface area contributed by atoms with Gasteiger partial charge in [0.15, 0.2) is 0 Å². The lowest BCUT2D eigenvalue weighted by Crippen LogP contribution is -2.27. The molecule has 4 nitrogen and oxygen atoms in total. The average Bonchev–Trinajstić information content (AvgIpc) is 2.03. The molecule has 1 atom stereocenters. The van der Waals surface area contributed by atoms with Crippen molar-refractivity contribution in [2.75, 3.05) is 14.2 Å². The number of hydrazone groups is 1. The average molecular weight is 236 g/mol. The van der Waals surface area contributed by atoms with E-state index in [1.807, 2.05) is 7.05 Å². The standard InChI is InChI=1S/C7H14BrN3O/c1-6(10-9-2)5-7(8)11(3)12-4/h7,10H,1-2,5H2,3-4H3. The van der Waals surface area contributed by atoms with Crippen molar-refractivity contribution in [3.63, 3.8) is 0 Å². The van der Waals surface area contributed by atoms with Crippen molar-refractivity contribution in [2.24, 2.45) is 5.10 Å². The molecule has 0 fully saturated rings. The van der Waals surface area contributed by atoms with Crippen molar-refractivity contribution < 1.29 is 4.84 Å². The lowest BCUT2D eigenvalue weighted by Gasteiger charge is -2.20. The van der Waals surface area contributed by atoms with Gasteiger partial charge >= 0.3 is 0 Å². The summed E-state index contributed by atoms with van der Waals surface area (Å²) in [5.41, 5.74) is 3.45. The largest absolute Gasteiger partial charge is 0.301 e. The SMILES string of the molecule is C=NNC(=C)CC(Br)N(C)OC. The van der Waals surface area contributed by atoms with Gasteiger partial charge in [0.1, 0.15) is 0 Å². The Labute approximate surface area is 81.3 Å². The highest BCUT2D eigenvalue weighted by molar-refractivity contribution is 9.09. The fraction of sp³-hybridized carbons (Fsp3) is 0.571. The summed E-state index contributed by atoms with van der Waals surface area (Å²) in [6.45, 7) is 7.03. The van der Waals surface area contributed by atoms with Gasteiger partial charge in [-0.25, -0.2) is 0 Å². The number of nitrogens with zero attached hydrogens (tertiary/aromatic N) is 2. The molecule has 0 aromatic heterocycles. The van der Waals surface area contributed by atoms with Gasteiger partial charge in [-0.3, -0.25) is 5.43 Å². The van der Waals surface area contributed by atoms with Crippen molar-refractivity contribution in [2.45, 2.75) is 11.4 Å². The number of rotatable bonds is 6. The lowest BCUT2D eigenvalue weighted by atomic mass is 10.3. The Kier molecular flexibility index (Phi) is 5.96. The van der Waals surface area contributed by atoms with Crippen molar-refractivity contribution in [1.82, 2.24) is 10.5 Å². The topological polar surface area (TPSA) is 36.9 Å². The molecule has 0 saturated heterocycles. The van der Waals surface area contributed by atoms with Crippen LogP contribution in [0.15, 0.2) is 17.4 Å². The molecule has 0 rings (SSSR count). The van der Waals surface area contributed by atoms with Crippen molar-refractivity contribution >= 4 is 22.6 Å². The first-order valence-corrected chi connectivity index (χ1v) is 4.34. The highest BCUT2D eigenvalue weighted by Gasteiger charge is 2.10. The normalized spacial score (nSPS) is 12.7. The van der Waals surface area contributed by atoms with Gasteiger partial charge in [-0.1, -0.05) is 22.5 Å². The van der Waals surface area contributed by atoms with E-state index in [2.05, 4.69) is 39.8 Å². The molecule has 0 radical (unpaired) electrons. The molecule has 0 amide bonds. The first-order valence-electron chi connectivity index (χ1n) is 3.42. The number of halogens is 1. The minimum atomic E-state index is 0.0873. The van der Waals surface area contributed by atoms with Crippen LogP contribution >= 0.6 is 15.9 Å². The van der Waals surface area contributed by atoms with Crippen LogP contribution in [-0.4, -0.2) is 30.9 Å². The van der Waals surface area contributed by atoms with Crippen LogP contribution in [0.5, 0.6) is 0 Å². The summed E-state index contributed by atoms with van der Waals surface area (Å²) in [5.74, 6) is 0. The molecule has 1 unspecified atom stereocenters. The van der Waals surface area contributed by atoms with E-state index < -0.39 is 0 Å². The minimum absolute atomic E-state index is 0.0873. The maximum Gasteiger partial charge on any atom is 0.0953 e. The van der Waals surface area contributed by atoms with Gasteiger partial charge in [0.05, 0.1) is 12.1 Å². The number of nitrogens with one attached hydrogen (secondary N) is 1. The van der Waals surface area contributed by atoms with Gasteiger partial charge in [-0.2, -0.15) is 10.2 Å². The van der Waals surface area contributed by atoms with E-state index in [1.54, 1.807) is 12.2 Å². The molecule has 0 saturated carbocycles. The van der Waals surface area contributed by atoms with Gasteiger partial charge in [-0.15, -0.1) is 0 Å². The Bertz CT molecular complexity index is 163. The molecule has 0 aliphatic rings. The van der Waals surface area contributed by atoms with Crippen molar-refractivity contribution in [3.05, 3.63) is 12.3 Å². The summed E-state index contributed by atoms with van der Waals surface area (Å²) in [5, 5.41) is 5.17. The molecular formula is C7H14BrN3O. The van der Waals surface area contributed by atoms with E-state index in [0.29, 0.717) is 6.42 Å². The number of alkyl halides is 1. The van der Waals surface area contributed by atoms with Crippen LogP contribution in [0.1, 0.15) is 6.42 Å². The molecule has 0 aromatic rings. The van der Waals surface area contributed by atoms with Crippen molar-refractivity contribution in [1.29, 1.82) is 0 Å². The molecule has 0 bridgehead atoms. The van der Waals surface area contributed by atoms with Gasteiger partial charge in [-0.05, 0) is 0 Å². The summed E-state index contributed by atoms with van der Waals surface area (Å²) >= 11 is 3.41. The second-order valence-electron chi connectivity index (χ2n) is 2.24. The van der Waals surface area contributed by atoms with Gasteiger partial charge in [0, 0.05) is 25.9 Å². The molecule has 12 heavy (non-hydrogen) atoms. The van der Waals surface area contributed by atoms with Gasteiger partial charge in [0.2, 0.25) is 0 Å². The van der Waals surface area contributed by atoms with E-state index >= 15 is 0 Å². The Morgan fingerprint density at radius 1 is 1.83 bits per heavy atom. The fourth-order valence-electron chi connectivity index (χ4n) is 0.604. The smallest absolute Gasteiger partial charge is 0.0953 e. The highest BCUT2D eigenvalue weighted by atomic mass is 79.9. The minimum Gasteiger partial charge on any atom is -0.301 e. The predicted molar refractivity (Wildman–Crippen MR) is 53.9 cm³/mol. The molecule has 1 N–H and O–H groups in total. The van der Waals surface area contributed by atoms with Crippen molar-refractivity contribution in [3.8, 4) is 0 Å². The number of hydrogen-bond acceptors (Lipinski definition) is 4. The zero-order valence-corrected chi connectivity index (χ0v) is 8.97. The summed E-state index contributed by atoms with van der Waals surface area (Å²) in [6.07, 6.45) is 0.698. The molecule has 5 heteroatoms. The Hall–Kier alpha value is -0.390. The second-order valence-corrected chi connectivity index (χ2v) is 3.30. The third-order valence-electron chi connectivity index (χ3n) is 1.33. The lowest BCUT2D eigenvalue weighted by molar-refractivity contribution is -0.116.